The Kier molecular flexibility index (Phi) is 6.00. The quantitative estimate of drug-likeness (QED) is 0.430. The first-order valence-corrected chi connectivity index (χ1v) is 5.96. The average molecular weight is 233 g/mol. The standard InChI is InChI=1S/C14H19NO2/c1-3-4-10-15-12(2)14(16)17-11-13-8-6-5-7-9-13/h5-9H,3-4,10-11H2,1-2H3. The van der Waals surface area contributed by atoms with Gasteiger partial charge in [-0.25, -0.2) is 4.79 Å². The van der Waals surface area contributed by atoms with E-state index in [9.17, 15) is 4.79 Å². The number of hydrogen-bond acceptors (Lipinski definition) is 3. The zero-order chi connectivity index (χ0) is 12.5. The molecule has 17 heavy (non-hydrogen) atoms. The number of aliphatic imine (C=N–C) groups is 1. The Balaban J connectivity index is 2.36. The van der Waals surface area contributed by atoms with E-state index in [0.717, 1.165) is 18.4 Å². The molecule has 0 fully saturated rings. The maximum atomic E-state index is 11.6. The highest BCUT2D eigenvalue weighted by atomic mass is 16.5. The van der Waals surface area contributed by atoms with Gasteiger partial charge in [0.25, 0.3) is 0 Å². The van der Waals surface area contributed by atoms with E-state index in [4.69, 9.17) is 4.74 Å². The predicted molar refractivity (Wildman–Crippen MR) is 69.1 cm³/mol. The first-order valence-electron chi connectivity index (χ1n) is 5.96. The SMILES string of the molecule is CCCCN=C(C)C(=O)OCc1ccccc1. The van der Waals surface area contributed by atoms with Gasteiger partial charge in [0.05, 0.1) is 0 Å². The Morgan fingerprint density at radius 2 is 2.00 bits per heavy atom. The number of rotatable bonds is 6. The third-order valence-electron chi connectivity index (χ3n) is 2.37. The Morgan fingerprint density at radius 3 is 2.65 bits per heavy atom. The van der Waals surface area contributed by atoms with Crippen LogP contribution in [0.25, 0.3) is 0 Å². The van der Waals surface area contributed by atoms with Crippen molar-refractivity contribution in [2.45, 2.75) is 33.3 Å². The van der Waals surface area contributed by atoms with Crippen LogP contribution in [-0.4, -0.2) is 18.2 Å². The van der Waals surface area contributed by atoms with Crippen molar-refractivity contribution in [1.82, 2.24) is 0 Å². The maximum absolute atomic E-state index is 11.6. The highest BCUT2D eigenvalue weighted by Gasteiger charge is 2.06. The van der Waals surface area contributed by atoms with E-state index in [-0.39, 0.29) is 5.97 Å². The van der Waals surface area contributed by atoms with E-state index < -0.39 is 0 Å². The fourth-order valence-electron chi connectivity index (χ4n) is 1.30. The second kappa shape index (κ2) is 7.60. The zero-order valence-electron chi connectivity index (χ0n) is 10.5. The summed E-state index contributed by atoms with van der Waals surface area (Å²) in [4.78, 5) is 15.7. The summed E-state index contributed by atoms with van der Waals surface area (Å²) < 4.78 is 5.15. The molecule has 0 heterocycles. The lowest BCUT2D eigenvalue weighted by atomic mass is 10.2. The fourth-order valence-corrected chi connectivity index (χ4v) is 1.30. The van der Waals surface area contributed by atoms with Gasteiger partial charge in [-0.3, -0.25) is 4.99 Å². The van der Waals surface area contributed by atoms with Crippen LogP contribution in [0.4, 0.5) is 0 Å². The maximum Gasteiger partial charge on any atom is 0.352 e. The summed E-state index contributed by atoms with van der Waals surface area (Å²) in [6.45, 7) is 4.80. The number of unbranched alkanes of at least 4 members (excludes halogenated alkanes) is 1. The first-order chi connectivity index (χ1) is 8.24. The Morgan fingerprint density at radius 1 is 1.29 bits per heavy atom. The van der Waals surface area contributed by atoms with Crippen LogP contribution in [0.15, 0.2) is 35.3 Å². The molecule has 0 spiro atoms. The number of carbonyl (C=O) groups is 1. The van der Waals surface area contributed by atoms with E-state index >= 15 is 0 Å². The van der Waals surface area contributed by atoms with Crippen molar-refractivity contribution >= 4 is 11.7 Å². The van der Waals surface area contributed by atoms with Crippen molar-refractivity contribution in [1.29, 1.82) is 0 Å². The lowest BCUT2D eigenvalue weighted by molar-refractivity contribution is -0.136. The summed E-state index contributed by atoms with van der Waals surface area (Å²) in [6.07, 6.45) is 2.08. The van der Waals surface area contributed by atoms with Gasteiger partial charge in [-0.15, -0.1) is 0 Å². The molecule has 0 bridgehead atoms. The van der Waals surface area contributed by atoms with Gasteiger partial charge in [0.1, 0.15) is 12.3 Å². The van der Waals surface area contributed by atoms with Gasteiger partial charge < -0.3 is 4.74 Å². The predicted octanol–water partition coefficient (Wildman–Crippen LogP) is 2.99. The number of ether oxygens (including phenoxy) is 1. The highest BCUT2D eigenvalue weighted by Crippen LogP contribution is 2.01. The molecule has 0 radical (unpaired) electrons. The summed E-state index contributed by atoms with van der Waals surface area (Å²) in [6, 6.07) is 9.63. The van der Waals surface area contributed by atoms with Crippen LogP contribution in [0.5, 0.6) is 0 Å². The lowest BCUT2D eigenvalue weighted by Crippen LogP contribution is -2.14. The normalized spacial score (nSPS) is 11.3. The van der Waals surface area contributed by atoms with Crippen LogP contribution in [0.1, 0.15) is 32.3 Å². The van der Waals surface area contributed by atoms with Crippen molar-refractivity contribution in [2.75, 3.05) is 6.54 Å². The van der Waals surface area contributed by atoms with Crippen molar-refractivity contribution in [2.24, 2.45) is 4.99 Å². The molecule has 3 heteroatoms. The van der Waals surface area contributed by atoms with E-state index in [1.165, 1.54) is 0 Å². The molecule has 1 aromatic carbocycles. The Hall–Kier alpha value is -1.64. The lowest BCUT2D eigenvalue weighted by Gasteiger charge is -2.04. The van der Waals surface area contributed by atoms with Gasteiger partial charge in [-0.2, -0.15) is 0 Å². The Labute approximate surface area is 103 Å². The second-order valence-electron chi connectivity index (χ2n) is 3.88. The number of benzene rings is 1. The third kappa shape index (κ3) is 5.29. The van der Waals surface area contributed by atoms with Crippen LogP contribution < -0.4 is 0 Å². The monoisotopic (exact) mass is 233 g/mol. The topological polar surface area (TPSA) is 38.7 Å². The minimum Gasteiger partial charge on any atom is -0.456 e. The number of esters is 1. The minimum atomic E-state index is -0.329. The largest absolute Gasteiger partial charge is 0.456 e. The molecule has 92 valence electrons. The molecule has 0 unspecified atom stereocenters. The van der Waals surface area contributed by atoms with Crippen LogP contribution >= 0.6 is 0 Å². The summed E-state index contributed by atoms with van der Waals surface area (Å²) in [5.41, 5.74) is 1.44. The molecule has 0 amide bonds. The van der Waals surface area contributed by atoms with Crippen molar-refractivity contribution in [3.8, 4) is 0 Å². The molecule has 0 N–H and O–H groups in total. The van der Waals surface area contributed by atoms with Gasteiger partial charge in [0.15, 0.2) is 0 Å². The van der Waals surface area contributed by atoms with E-state index in [1.807, 2.05) is 30.3 Å². The van der Waals surface area contributed by atoms with E-state index in [0.29, 0.717) is 18.9 Å². The molecule has 0 aliphatic carbocycles. The van der Waals surface area contributed by atoms with Gasteiger partial charge in [-0.05, 0) is 18.9 Å². The molecule has 0 saturated heterocycles. The Bertz CT molecular complexity index is 371. The van der Waals surface area contributed by atoms with Gasteiger partial charge >= 0.3 is 5.97 Å². The molecule has 0 aromatic heterocycles. The van der Waals surface area contributed by atoms with Gasteiger partial charge in [-0.1, -0.05) is 43.7 Å². The number of carbonyl (C=O) groups excluding carboxylic acids is 1. The third-order valence-corrected chi connectivity index (χ3v) is 2.37. The van der Waals surface area contributed by atoms with E-state index in [1.54, 1.807) is 6.92 Å². The summed E-state index contributed by atoms with van der Waals surface area (Å²) in [7, 11) is 0. The van der Waals surface area contributed by atoms with Gasteiger partial charge in [0.2, 0.25) is 0 Å². The van der Waals surface area contributed by atoms with Crippen LogP contribution in [0.3, 0.4) is 0 Å². The number of nitrogens with zero attached hydrogens (tertiary/aromatic N) is 1. The zero-order valence-corrected chi connectivity index (χ0v) is 10.5. The molecule has 1 aromatic rings. The average Bonchev–Trinajstić information content (AvgIpc) is 2.37. The van der Waals surface area contributed by atoms with Crippen LogP contribution in [-0.2, 0) is 16.1 Å². The molecule has 0 saturated carbocycles. The molecule has 0 aliphatic heterocycles. The summed E-state index contributed by atoms with van der Waals surface area (Å²) in [5.74, 6) is -0.329. The minimum absolute atomic E-state index is 0.306. The van der Waals surface area contributed by atoms with Crippen LogP contribution in [0, 0.1) is 0 Å². The highest BCUT2D eigenvalue weighted by molar-refractivity contribution is 6.35. The van der Waals surface area contributed by atoms with Crippen molar-refractivity contribution in [3.05, 3.63) is 35.9 Å². The van der Waals surface area contributed by atoms with Crippen LogP contribution in [0.2, 0.25) is 0 Å². The van der Waals surface area contributed by atoms with Gasteiger partial charge in [0, 0.05) is 6.54 Å². The molecular weight excluding hydrogens is 214 g/mol. The molecule has 0 atom stereocenters. The fraction of sp³-hybridized carbons (Fsp3) is 0.429. The molecule has 0 aliphatic rings. The molecule has 3 nitrogen and oxygen atoms in total. The number of hydrogen-bond donors (Lipinski definition) is 0. The van der Waals surface area contributed by atoms with E-state index in [2.05, 4.69) is 11.9 Å². The van der Waals surface area contributed by atoms with Crippen molar-refractivity contribution in [3.63, 3.8) is 0 Å². The smallest absolute Gasteiger partial charge is 0.352 e. The summed E-state index contributed by atoms with van der Waals surface area (Å²) >= 11 is 0. The van der Waals surface area contributed by atoms with Crippen molar-refractivity contribution < 1.29 is 9.53 Å². The molecule has 1 rings (SSSR count). The molecular formula is C14H19NO2. The second-order valence-corrected chi connectivity index (χ2v) is 3.88. The first kappa shape index (κ1) is 13.4. The summed E-state index contributed by atoms with van der Waals surface area (Å²) in [5, 5.41) is 0.